The van der Waals surface area contributed by atoms with E-state index < -0.39 is 6.04 Å². The number of likely N-dealkylation sites (N-methyl/N-ethyl adjacent to an activating group) is 1. The molecule has 20 heavy (non-hydrogen) atoms. The molecule has 1 atom stereocenters. The molecule has 1 aromatic rings. The van der Waals surface area contributed by atoms with Crippen LogP contribution in [0.5, 0.6) is 5.75 Å². The average molecular weight is 278 g/mol. The Balaban J connectivity index is 1.91. The highest BCUT2D eigenvalue weighted by Gasteiger charge is 2.35. The van der Waals surface area contributed by atoms with Crippen LogP contribution in [0.2, 0.25) is 0 Å². The number of ether oxygens (including phenoxy) is 2. The lowest BCUT2D eigenvalue weighted by atomic mass is 10.2. The van der Waals surface area contributed by atoms with Crippen LogP contribution in [-0.2, 0) is 14.3 Å². The van der Waals surface area contributed by atoms with Gasteiger partial charge in [-0.05, 0) is 24.3 Å². The molecule has 1 unspecified atom stereocenters. The van der Waals surface area contributed by atoms with Gasteiger partial charge in [-0.25, -0.2) is 0 Å². The highest BCUT2D eigenvalue weighted by Crippen LogP contribution is 2.20. The van der Waals surface area contributed by atoms with E-state index in [2.05, 4.69) is 5.32 Å². The minimum absolute atomic E-state index is 0.160. The van der Waals surface area contributed by atoms with E-state index in [9.17, 15) is 9.59 Å². The Kier molecular flexibility index (Phi) is 4.57. The number of anilines is 1. The molecule has 0 aliphatic carbocycles. The van der Waals surface area contributed by atoms with Gasteiger partial charge >= 0.3 is 0 Å². The van der Waals surface area contributed by atoms with Crippen LogP contribution in [-0.4, -0.2) is 50.1 Å². The summed E-state index contributed by atoms with van der Waals surface area (Å²) in [7, 11) is 3.12. The third-order valence-electron chi connectivity index (χ3n) is 3.13. The number of nitrogens with zero attached hydrogens (tertiary/aromatic N) is 1. The second kappa shape index (κ2) is 6.38. The molecule has 0 aromatic heterocycles. The first-order chi connectivity index (χ1) is 9.61. The first-order valence-corrected chi connectivity index (χ1v) is 6.40. The third kappa shape index (κ3) is 3.27. The maximum Gasteiger partial charge on any atom is 0.251 e. The fraction of sp³-hybridized carbons (Fsp3) is 0.429. The smallest absolute Gasteiger partial charge is 0.251 e. The van der Waals surface area contributed by atoms with E-state index >= 15 is 0 Å². The van der Waals surface area contributed by atoms with Crippen molar-refractivity contribution in [3.63, 3.8) is 0 Å². The van der Waals surface area contributed by atoms with Crippen molar-refractivity contribution in [1.82, 2.24) is 4.90 Å². The van der Waals surface area contributed by atoms with Gasteiger partial charge in [0.15, 0.2) is 0 Å². The molecule has 2 amide bonds. The zero-order chi connectivity index (χ0) is 14.5. The van der Waals surface area contributed by atoms with E-state index in [1.54, 1.807) is 7.11 Å². The van der Waals surface area contributed by atoms with Crippen molar-refractivity contribution in [1.29, 1.82) is 0 Å². The van der Waals surface area contributed by atoms with Gasteiger partial charge in [-0.2, -0.15) is 0 Å². The predicted octanol–water partition coefficient (Wildman–Crippen LogP) is 0.881. The number of carbonyl (C=O) groups excluding carboxylic acids is 2. The molecule has 1 aromatic carbocycles. The molecule has 1 aliphatic rings. The zero-order valence-electron chi connectivity index (χ0n) is 11.6. The van der Waals surface area contributed by atoms with Gasteiger partial charge in [-0.1, -0.05) is 0 Å². The summed E-state index contributed by atoms with van der Waals surface area (Å²) in [5.41, 5.74) is 0.783. The van der Waals surface area contributed by atoms with E-state index in [0.29, 0.717) is 13.2 Å². The fourth-order valence-electron chi connectivity index (χ4n) is 1.96. The first-order valence-electron chi connectivity index (χ1n) is 6.40. The van der Waals surface area contributed by atoms with Gasteiger partial charge in [-0.3, -0.25) is 14.5 Å². The van der Waals surface area contributed by atoms with Crippen LogP contribution >= 0.6 is 0 Å². The highest BCUT2D eigenvalue weighted by atomic mass is 16.5. The number of nitrogens with one attached hydrogen (secondary N) is 1. The quantitative estimate of drug-likeness (QED) is 0.618. The van der Waals surface area contributed by atoms with Crippen molar-refractivity contribution in [3.05, 3.63) is 24.3 Å². The lowest BCUT2D eigenvalue weighted by Crippen LogP contribution is -2.31. The lowest BCUT2D eigenvalue weighted by molar-refractivity contribution is -0.136. The summed E-state index contributed by atoms with van der Waals surface area (Å²) in [5, 5.41) is 3.05. The largest absolute Gasteiger partial charge is 0.491 e. The monoisotopic (exact) mass is 278 g/mol. The van der Waals surface area contributed by atoms with E-state index in [1.807, 2.05) is 24.3 Å². The molecule has 1 heterocycles. The number of amides is 2. The molecule has 1 fully saturated rings. The molecule has 0 saturated carbocycles. The van der Waals surface area contributed by atoms with Gasteiger partial charge < -0.3 is 14.8 Å². The topological polar surface area (TPSA) is 67.9 Å². The second-order valence-corrected chi connectivity index (χ2v) is 4.56. The van der Waals surface area contributed by atoms with Crippen LogP contribution in [0.1, 0.15) is 6.42 Å². The number of benzene rings is 1. The number of imide groups is 1. The van der Waals surface area contributed by atoms with E-state index in [-0.39, 0.29) is 18.2 Å². The van der Waals surface area contributed by atoms with Crippen LogP contribution in [0, 0.1) is 0 Å². The van der Waals surface area contributed by atoms with E-state index in [1.165, 1.54) is 7.05 Å². The van der Waals surface area contributed by atoms with Gasteiger partial charge in [0.1, 0.15) is 18.4 Å². The van der Waals surface area contributed by atoms with Gasteiger partial charge in [-0.15, -0.1) is 0 Å². The average Bonchev–Trinajstić information content (AvgIpc) is 2.69. The molecule has 0 bridgehead atoms. The Labute approximate surface area is 117 Å². The molecule has 1 aliphatic heterocycles. The Hall–Kier alpha value is -2.08. The summed E-state index contributed by atoms with van der Waals surface area (Å²) in [6.45, 7) is 1.02. The zero-order valence-corrected chi connectivity index (χ0v) is 11.6. The Bertz CT molecular complexity index is 486. The van der Waals surface area contributed by atoms with Crippen molar-refractivity contribution in [2.45, 2.75) is 12.5 Å². The Morgan fingerprint density at radius 2 is 1.95 bits per heavy atom. The van der Waals surface area contributed by atoms with Gasteiger partial charge in [0.05, 0.1) is 13.0 Å². The van der Waals surface area contributed by atoms with Gasteiger partial charge in [0.25, 0.3) is 5.91 Å². The Morgan fingerprint density at radius 1 is 1.25 bits per heavy atom. The van der Waals surface area contributed by atoms with Gasteiger partial charge in [0, 0.05) is 19.8 Å². The molecule has 1 saturated heterocycles. The minimum Gasteiger partial charge on any atom is -0.491 e. The first kappa shape index (κ1) is 14.3. The van der Waals surface area contributed by atoms with Crippen LogP contribution in [0.4, 0.5) is 5.69 Å². The van der Waals surface area contributed by atoms with Crippen molar-refractivity contribution in [3.8, 4) is 5.75 Å². The van der Waals surface area contributed by atoms with Crippen LogP contribution in [0.25, 0.3) is 0 Å². The number of hydrogen-bond acceptors (Lipinski definition) is 5. The summed E-state index contributed by atoms with van der Waals surface area (Å²) < 4.78 is 10.3. The fourth-order valence-corrected chi connectivity index (χ4v) is 1.96. The molecular weight excluding hydrogens is 260 g/mol. The van der Waals surface area contributed by atoms with E-state index in [0.717, 1.165) is 16.3 Å². The van der Waals surface area contributed by atoms with Crippen molar-refractivity contribution >= 4 is 17.5 Å². The SMILES string of the molecule is COCCOc1ccc(NC2CC(=O)N(C)C2=O)cc1. The third-order valence-corrected chi connectivity index (χ3v) is 3.13. The number of likely N-dealkylation sites (tertiary alicyclic amines) is 1. The van der Waals surface area contributed by atoms with Crippen LogP contribution in [0.3, 0.4) is 0 Å². The molecular formula is C14H18N2O4. The highest BCUT2D eigenvalue weighted by molar-refractivity contribution is 6.06. The van der Waals surface area contributed by atoms with Crippen molar-refractivity contribution < 1.29 is 19.1 Å². The summed E-state index contributed by atoms with van der Waals surface area (Å²) in [6, 6.07) is 6.77. The molecule has 0 radical (unpaired) electrons. The summed E-state index contributed by atoms with van der Waals surface area (Å²) in [4.78, 5) is 24.3. The number of rotatable bonds is 6. The second-order valence-electron chi connectivity index (χ2n) is 4.56. The van der Waals surface area contributed by atoms with Crippen molar-refractivity contribution in [2.75, 3.05) is 32.7 Å². The van der Waals surface area contributed by atoms with Crippen molar-refractivity contribution in [2.24, 2.45) is 0 Å². The number of methoxy groups -OCH3 is 1. The molecule has 108 valence electrons. The number of hydrogen-bond donors (Lipinski definition) is 1. The molecule has 6 nitrogen and oxygen atoms in total. The summed E-state index contributed by atoms with van der Waals surface area (Å²) in [5.74, 6) is 0.376. The molecule has 1 N–H and O–H groups in total. The molecule has 6 heteroatoms. The van der Waals surface area contributed by atoms with Gasteiger partial charge in [0.2, 0.25) is 5.91 Å². The van der Waals surface area contributed by atoms with Crippen LogP contribution < -0.4 is 10.1 Å². The Morgan fingerprint density at radius 3 is 2.50 bits per heavy atom. The summed E-state index contributed by atoms with van der Waals surface area (Å²) >= 11 is 0. The standard InChI is InChI=1S/C14H18N2O4/c1-16-13(17)9-12(14(16)18)15-10-3-5-11(6-4-10)20-8-7-19-2/h3-6,12,15H,7-9H2,1-2H3. The normalized spacial score (nSPS) is 18.5. The predicted molar refractivity (Wildman–Crippen MR) is 73.6 cm³/mol. The maximum atomic E-state index is 11.8. The lowest BCUT2D eigenvalue weighted by Gasteiger charge is -2.13. The summed E-state index contributed by atoms with van der Waals surface area (Å²) in [6.07, 6.45) is 0.196. The number of carbonyl (C=O) groups is 2. The van der Waals surface area contributed by atoms with E-state index in [4.69, 9.17) is 9.47 Å². The van der Waals surface area contributed by atoms with Crippen LogP contribution in [0.15, 0.2) is 24.3 Å². The molecule has 2 rings (SSSR count). The molecule has 0 spiro atoms. The maximum absolute atomic E-state index is 11.8. The minimum atomic E-state index is -0.479.